The summed E-state index contributed by atoms with van der Waals surface area (Å²) < 4.78 is 5.14. The fourth-order valence-corrected chi connectivity index (χ4v) is 2.02. The van der Waals surface area contributed by atoms with Gasteiger partial charge in [-0.3, -0.25) is 4.79 Å². The third-order valence-electron chi connectivity index (χ3n) is 3.35. The van der Waals surface area contributed by atoms with Gasteiger partial charge >= 0.3 is 0 Å². The van der Waals surface area contributed by atoms with Crippen LogP contribution >= 0.6 is 0 Å². The van der Waals surface area contributed by atoms with Gasteiger partial charge in [0.05, 0.1) is 6.61 Å². The summed E-state index contributed by atoms with van der Waals surface area (Å²) in [4.78, 5) is 11.7. The molecule has 3 heteroatoms. The Bertz CT molecular complexity index is 386. The molecule has 0 radical (unpaired) electrons. The van der Waals surface area contributed by atoms with Crippen molar-refractivity contribution in [3.05, 3.63) is 35.4 Å². The summed E-state index contributed by atoms with van der Waals surface area (Å²) in [6.07, 6.45) is 3.29. The van der Waals surface area contributed by atoms with Gasteiger partial charge in [0.15, 0.2) is 0 Å². The molecule has 0 heterocycles. The van der Waals surface area contributed by atoms with Crippen LogP contribution in [0.5, 0.6) is 0 Å². The fraction of sp³-hybridized carbons (Fsp3) is 0.500. The summed E-state index contributed by atoms with van der Waals surface area (Å²) in [5, 5.41) is 3.01. The molecule has 1 N–H and O–H groups in total. The van der Waals surface area contributed by atoms with Crippen molar-refractivity contribution in [2.75, 3.05) is 7.11 Å². The van der Waals surface area contributed by atoms with Crippen molar-refractivity contribution in [3.8, 4) is 0 Å². The van der Waals surface area contributed by atoms with Gasteiger partial charge in [-0.15, -0.1) is 0 Å². The molecule has 1 aromatic rings. The molecule has 0 atom stereocenters. The number of methoxy groups -OCH3 is 1. The highest BCUT2D eigenvalue weighted by Gasteiger charge is 2.24. The molecule has 0 unspecified atom stereocenters. The van der Waals surface area contributed by atoms with Crippen molar-refractivity contribution >= 4 is 5.91 Å². The van der Waals surface area contributed by atoms with Crippen LogP contribution in [-0.2, 0) is 22.7 Å². The Hall–Kier alpha value is -1.35. The van der Waals surface area contributed by atoms with Gasteiger partial charge in [0.1, 0.15) is 0 Å². The Balaban J connectivity index is 1.91. The van der Waals surface area contributed by atoms with Crippen LogP contribution in [0, 0.1) is 5.92 Å². The molecule has 1 fully saturated rings. The normalized spacial score (nSPS) is 15.4. The Morgan fingerprint density at radius 3 is 2.65 bits per heavy atom. The second-order valence-corrected chi connectivity index (χ2v) is 4.55. The van der Waals surface area contributed by atoms with Crippen molar-refractivity contribution in [1.29, 1.82) is 0 Å². The van der Waals surface area contributed by atoms with Gasteiger partial charge in [0.25, 0.3) is 0 Å². The first-order valence-electron chi connectivity index (χ1n) is 6.14. The van der Waals surface area contributed by atoms with Gasteiger partial charge in [-0.1, -0.05) is 30.7 Å². The van der Waals surface area contributed by atoms with Crippen LogP contribution in [-0.4, -0.2) is 13.0 Å². The number of rotatable bonds is 5. The number of ether oxygens (including phenoxy) is 1. The topological polar surface area (TPSA) is 38.3 Å². The second kappa shape index (κ2) is 5.82. The molecule has 3 nitrogen and oxygen atoms in total. The SMILES string of the molecule is COCc1ccccc1CNC(=O)C1CCC1. The zero-order valence-corrected chi connectivity index (χ0v) is 10.2. The standard InChI is InChI=1S/C14H19NO2/c1-17-10-13-6-3-2-5-12(13)9-15-14(16)11-7-4-8-11/h2-3,5-6,11H,4,7-10H2,1H3,(H,15,16). The monoisotopic (exact) mass is 233 g/mol. The predicted molar refractivity (Wildman–Crippen MR) is 66.3 cm³/mol. The molecule has 1 aromatic carbocycles. The highest BCUT2D eigenvalue weighted by atomic mass is 16.5. The Morgan fingerprint density at radius 2 is 2.06 bits per heavy atom. The predicted octanol–water partition coefficient (Wildman–Crippen LogP) is 2.25. The van der Waals surface area contributed by atoms with E-state index in [9.17, 15) is 4.79 Å². The molecule has 92 valence electrons. The first-order valence-corrected chi connectivity index (χ1v) is 6.14. The van der Waals surface area contributed by atoms with Crippen LogP contribution in [0.2, 0.25) is 0 Å². The molecule has 0 aromatic heterocycles. The molecule has 0 spiro atoms. The summed E-state index contributed by atoms with van der Waals surface area (Å²) in [7, 11) is 1.68. The van der Waals surface area contributed by atoms with E-state index >= 15 is 0 Å². The van der Waals surface area contributed by atoms with Crippen LogP contribution in [0.25, 0.3) is 0 Å². The molecule has 1 aliphatic carbocycles. The number of carbonyl (C=O) groups excluding carboxylic acids is 1. The maximum atomic E-state index is 11.7. The van der Waals surface area contributed by atoms with Crippen LogP contribution in [0.15, 0.2) is 24.3 Å². The van der Waals surface area contributed by atoms with Gasteiger partial charge in [-0.25, -0.2) is 0 Å². The molecule has 1 aliphatic rings. The quantitative estimate of drug-likeness (QED) is 0.847. The van der Waals surface area contributed by atoms with E-state index in [1.807, 2.05) is 24.3 Å². The summed E-state index contributed by atoms with van der Waals surface area (Å²) >= 11 is 0. The van der Waals surface area contributed by atoms with E-state index < -0.39 is 0 Å². The van der Waals surface area contributed by atoms with E-state index in [2.05, 4.69) is 5.32 Å². The Kier molecular flexibility index (Phi) is 4.15. The third kappa shape index (κ3) is 3.07. The number of amides is 1. The number of nitrogens with one attached hydrogen (secondary N) is 1. The van der Waals surface area contributed by atoms with Crippen molar-refractivity contribution < 1.29 is 9.53 Å². The molecule has 17 heavy (non-hydrogen) atoms. The Morgan fingerprint density at radius 1 is 1.35 bits per heavy atom. The molecule has 0 aliphatic heterocycles. The van der Waals surface area contributed by atoms with E-state index in [4.69, 9.17) is 4.74 Å². The summed E-state index contributed by atoms with van der Waals surface area (Å²) in [5.41, 5.74) is 2.28. The summed E-state index contributed by atoms with van der Waals surface area (Å²) in [6, 6.07) is 8.05. The van der Waals surface area contributed by atoms with E-state index in [1.54, 1.807) is 7.11 Å². The van der Waals surface area contributed by atoms with Crippen molar-refractivity contribution in [3.63, 3.8) is 0 Å². The molecule has 1 saturated carbocycles. The molecule has 0 bridgehead atoms. The van der Waals surface area contributed by atoms with E-state index in [-0.39, 0.29) is 11.8 Å². The van der Waals surface area contributed by atoms with Crippen LogP contribution in [0.3, 0.4) is 0 Å². The first kappa shape index (κ1) is 12.1. The largest absolute Gasteiger partial charge is 0.380 e. The highest BCUT2D eigenvalue weighted by Crippen LogP contribution is 2.26. The molecular weight excluding hydrogens is 214 g/mol. The zero-order chi connectivity index (χ0) is 12.1. The lowest BCUT2D eigenvalue weighted by Crippen LogP contribution is -2.34. The van der Waals surface area contributed by atoms with Gasteiger partial charge in [-0.2, -0.15) is 0 Å². The lowest BCUT2D eigenvalue weighted by Gasteiger charge is -2.24. The maximum absolute atomic E-state index is 11.7. The number of carbonyl (C=O) groups is 1. The van der Waals surface area contributed by atoms with Gasteiger partial charge in [0, 0.05) is 19.6 Å². The molecule has 2 rings (SSSR count). The van der Waals surface area contributed by atoms with E-state index in [0.717, 1.165) is 24.0 Å². The minimum atomic E-state index is 0.198. The van der Waals surface area contributed by atoms with Crippen molar-refractivity contribution in [1.82, 2.24) is 5.32 Å². The molecular formula is C14H19NO2. The molecule has 1 amide bonds. The van der Waals surface area contributed by atoms with E-state index in [1.165, 1.54) is 6.42 Å². The third-order valence-corrected chi connectivity index (χ3v) is 3.35. The van der Waals surface area contributed by atoms with Gasteiger partial charge in [0.2, 0.25) is 5.91 Å². The average molecular weight is 233 g/mol. The van der Waals surface area contributed by atoms with Crippen molar-refractivity contribution in [2.24, 2.45) is 5.92 Å². The number of benzene rings is 1. The number of hydrogen-bond acceptors (Lipinski definition) is 2. The van der Waals surface area contributed by atoms with Gasteiger partial charge in [-0.05, 0) is 24.0 Å². The lowest BCUT2D eigenvalue weighted by molar-refractivity contribution is -0.127. The van der Waals surface area contributed by atoms with E-state index in [0.29, 0.717) is 13.2 Å². The minimum Gasteiger partial charge on any atom is -0.380 e. The fourth-order valence-electron chi connectivity index (χ4n) is 2.02. The average Bonchev–Trinajstić information content (AvgIpc) is 2.26. The van der Waals surface area contributed by atoms with Crippen molar-refractivity contribution in [2.45, 2.75) is 32.4 Å². The zero-order valence-electron chi connectivity index (χ0n) is 10.2. The van der Waals surface area contributed by atoms with Crippen LogP contribution in [0.4, 0.5) is 0 Å². The Labute approximate surface area is 102 Å². The number of hydrogen-bond donors (Lipinski definition) is 1. The summed E-state index contributed by atoms with van der Waals surface area (Å²) in [6.45, 7) is 1.20. The second-order valence-electron chi connectivity index (χ2n) is 4.55. The smallest absolute Gasteiger partial charge is 0.223 e. The van der Waals surface area contributed by atoms with Crippen LogP contribution in [0.1, 0.15) is 30.4 Å². The minimum absolute atomic E-state index is 0.198. The maximum Gasteiger partial charge on any atom is 0.223 e. The van der Waals surface area contributed by atoms with Crippen LogP contribution < -0.4 is 5.32 Å². The lowest BCUT2D eigenvalue weighted by atomic mass is 9.85. The first-order chi connectivity index (χ1) is 8.31. The highest BCUT2D eigenvalue weighted by molar-refractivity contribution is 5.79. The van der Waals surface area contributed by atoms with Gasteiger partial charge < -0.3 is 10.1 Å². The molecule has 0 saturated heterocycles. The summed E-state index contributed by atoms with van der Waals surface area (Å²) in [5.74, 6) is 0.452.